The molecule has 25 heavy (non-hydrogen) atoms. The van der Waals surface area contributed by atoms with Gasteiger partial charge in [-0.1, -0.05) is 0 Å². The highest BCUT2D eigenvalue weighted by Crippen LogP contribution is 2.25. The van der Waals surface area contributed by atoms with Crippen LogP contribution in [0.5, 0.6) is 0 Å². The molecular weight excluding hydrogens is 402 g/mol. The average molecular weight is 426 g/mol. The van der Waals surface area contributed by atoms with E-state index in [1.807, 2.05) is 30.3 Å². The van der Waals surface area contributed by atoms with Gasteiger partial charge < -0.3 is 10.6 Å². The molecular formula is C16H24BrN7S. The van der Waals surface area contributed by atoms with E-state index in [0.717, 1.165) is 38.5 Å². The van der Waals surface area contributed by atoms with E-state index < -0.39 is 0 Å². The molecule has 0 aromatic carbocycles. The van der Waals surface area contributed by atoms with E-state index in [-0.39, 0.29) is 12.0 Å². The van der Waals surface area contributed by atoms with Gasteiger partial charge in [0.15, 0.2) is 5.82 Å². The molecule has 0 unspecified atom stereocenters. The molecule has 7 nitrogen and oxygen atoms in total. The molecule has 136 valence electrons. The van der Waals surface area contributed by atoms with Crippen LogP contribution in [-0.4, -0.2) is 65.0 Å². The molecule has 2 aromatic heterocycles. The van der Waals surface area contributed by atoms with Crippen LogP contribution in [0.2, 0.25) is 0 Å². The fourth-order valence-corrected chi connectivity index (χ4v) is 4.44. The van der Waals surface area contributed by atoms with E-state index in [0.29, 0.717) is 5.95 Å². The highest BCUT2D eigenvalue weighted by atomic mass is 79.9. The number of nitrogens with zero attached hydrogens (tertiary/aromatic N) is 6. The molecule has 0 aliphatic carbocycles. The summed E-state index contributed by atoms with van der Waals surface area (Å²) in [7, 11) is 3.82. The third kappa shape index (κ3) is 4.66. The molecule has 0 amide bonds. The first-order chi connectivity index (χ1) is 11.9. The van der Waals surface area contributed by atoms with Gasteiger partial charge in [0.1, 0.15) is 0 Å². The Kier molecular flexibility index (Phi) is 5.88. The predicted octanol–water partition coefficient (Wildman–Crippen LogP) is 2.22. The minimum Gasteiger partial charge on any atom is -0.368 e. The largest absolute Gasteiger partial charge is 0.368 e. The third-order valence-electron chi connectivity index (χ3n) is 4.39. The second-order valence-corrected chi connectivity index (χ2v) is 8.99. The van der Waals surface area contributed by atoms with Crippen molar-refractivity contribution in [3.63, 3.8) is 0 Å². The monoisotopic (exact) mass is 425 g/mol. The molecule has 9 heteroatoms. The molecule has 3 heterocycles. The van der Waals surface area contributed by atoms with E-state index in [4.69, 9.17) is 5.73 Å². The second kappa shape index (κ2) is 7.94. The number of rotatable bonds is 5. The first kappa shape index (κ1) is 18.5. The van der Waals surface area contributed by atoms with Crippen molar-refractivity contribution in [2.24, 2.45) is 0 Å². The Morgan fingerprint density at radius 2 is 1.92 bits per heavy atom. The minimum atomic E-state index is 0.127. The normalized spacial score (nSPS) is 17.6. The fraction of sp³-hybridized carbons (Fsp3) is 0.562. The van der Waals surface area contributed by atoms with Gasteiger partial charge in [0.2, 0.25) is 11.9 Å². The Morgan fingerprint density at radius 1 is 1.20 bits per heavy atom. The van der Waals surface area contributed by atoms with Gasteiger partial charge in [0.25, 0.3) is 0 Å². The summed E-state index contributed by atoms with van der Waals surface area (Å²) in [6.45, 7) is 7.23. The molecule has 0 bridgehead atoms. The molecule has 2 N–H and O–H groups in total. The van der Waals surface area contributed by atoms with Crippen LogP contribution in [0.3, 0.4) is 0 Å². The highest BCUT2D eigenvalue weighted by Gasteiger charge is 2.25. The zero-order chi connectivity index (χ0) is 18.0. The van der Waals surface area contributed by atoms with Gasteiger partial charge in [-0.05, 0) is 35.0 Å². The van der Waals surface area contributed by atoms with Crippen molar-refractivity contribution in [3.05, 3.63) is 26.6 Å². The Hall–Kier alpha value is -1.29. The van der Waals surface area contributed by atoms with Crippen molar-refractivity contribution in [2.75, 3.05) is 50.9 Å². The van der Waals surface area contributed by atoms with Gasteiger partial charge in [-0.15, -0.1) is 11.3 Å². The summed E-state index contributed by atoms with van der Waals surface area (Å²) in [5, 5.41) is 0. The van der Waals surface area contributed by atoms with Gasteiger partial charge in [0, 0.05) is 51.7 Å². The van der Waals surface area contributed by atoms with Crippen molar-refractivity contribution in [1.82, 2.24) is 24.8 Å². The van der Waals surface area contributed by atoms with Crippen LogP contribution in [0, 0.1) is 0 Å². The first-order valence-corrected chi connectivity index (χ1v) is 9.92. The van der Waals surface area contributed by atoms with E-state index in [9.17, 15) is 0 Å². The molecule has 1 aliphatic heterocycles. The molecule has 3 rings (SSSR count). The molecule has 1 aliphatic rings. The number of hydrogen-bond donors (Lipinski definition) is 1. The molecule has 0 radical (unpaired) electrons. The molecule has 1 saturated heterocycles. The number of nitrogen functional groups attached to an aromatic ring is 1. The van der Waals surface area contributed by atoms with Crippen LogP contribution in [0.15, 0.2) is 15.9 Å². The Morgan fingerprint density at radius 3 is 2.52 bits per heavy atom. The van der Waals surface area contributed by atoms with E-state index >= 15 is 0 Å². The standard InChI is InChI=1S/C16H24BrN7S/c1-11(14-19-15(18)21-16(20-14)22(2)3)24-8-6-23(7-9-24)10-12-4-5-13(17)25-12/h4-5,11H,6-10H2,1-3H3,(H2,18,19,20,21)/t11-/m1/s1. The summed E-state index contributed by atoms with van der Waals surface area (Å²) in [4.78, 5) is 21.2. The maximum Gasteiger partial charge on any atom is 0.229 e. The van der Waals surface area contributed by atoms with Gasteiger partial charge in [-0.2, -0.15) is 15.0 Å². The Bertz CT molecular complexity index is 712. The SMILES string of the molecule is C[C@H](c1nc(N)nc(N(C)C)n1)N1CCN(Cc2ccc(Br)s2)CC1. The number of anilines is 2. The lowest BCUT2D eigenvalue weighted by atomic mass is 10.2. The molecule has 2 aromatic rings. The smallest absolute Gasteiger partial charge is 0.229 e. The summed E-state index contributed by atoms with van der Waals surface area (Å²) in [6.07, 6.45) is 0. The van der Waals surface area contributed by atoms with Crippen molar-refractivity contribution in [3.8, 4) is 0 Å². The van der Waals surface area contributed by atoms with Gasteiger partial charge in [0.05, 0.1) is 9.83 Å². The molecule has 1 fully saturated rings. The van der Waals surface area contributed by atoms with Crippen molar-refractivity contribution in [2.45, 2.75) is 19.5 Å². The van der Waals surface area contributed by atoms with Crippen LogP contribution < -0.4 is 10.6 Å². The summed E-state index contributed by atoms with van der Waals surface area (Å²) in [6, 6.07) is 4.44. The predicted molar refractivity (Wildman–Crippen MR) is 106 cm³/mol. The van der Waals surface area contributed by atoms with Crippen LogP contribution in [0.4, 0.5) is 11.9 Å². The van der Waals surface area contributed by atoms with Crippen LogP contribution in [-0.2, 0) is 6.54 Å². The van der Waals surface area contributed by atoms with E-state index in [2.05, 4.69) is 59.7 Å². The number of hydrogen-bond acceptors (Lipinski definition) is 8. The number of halogens is 1. The average Bonchev–Trinajstić information content (AvgIpc) is 2.99. The second-order valence-electron chi connectivity index (χ2n) is 6.44. The number of aromatic nitrogens is 3. The lowest BCUT2D eigenvalue weighted by molar-refractivity contribution is 0.0954. The van der Waals surface area contributed by atoms with E-state index in [1.54, 1.807) is 0 Å². The molecule has 0 saturated carbocycles. The summed E-state index contributed by atoms with van der Waals surface area (Å²) in [5.41, 5.74) is 5.86. The Balaban J connectivity index is 1.60. The van der Waals surface area contributed by atoms with Crippen LogP contribution in [0.1, 0.15) is 23.7 Å². The Labute approximate surface area is 161 Å². The summed E-state index contributed by atoms with van der Waals surface area (Å²) >= 11 is 5.34. The van der Waals surface area contributed by atoms with Crippen LogP contribution >= 0.6 is 27.3 Å². The molecule has 1 atom stereocenters. The number of piperazine rings is 1. The van der Waals surface area contributed by atoms with Crippen molar-refractivity contribution >= 4 is 39.2 Å². The third-order valence-corrected chi connectivity index (χ3v) is 6.00. The molecule has 0 spiro atoms. The van der Waals surface area contributed by atoms with Gasteiger partial charge in [-0.3, -0.25) is 9.80 Å². The topological polar surface area (TPSA) is 74.4 Å². The first-order valence-electron chi connectivity index (χ1n) is 8.32. The minimum absolute atomic E-state index is 0.127. The fourth-order valence-electron chi connectivity index (χ4n) is 2.91. The van der Waals surface area contributed by atoms with Crippen LogP contribution in [0.25, 0.3) is 0 Å². The maximum absolute atomic E-state index is 5.86. The van der Waals surface area contributed by atoms with Crippen molar-refractivity contribution in [1.29, 1.82) is 0 Å². The van der Waals surface area contributed by atoms with Gasteiger partial charge >= 0.3 is 0 Å². The zero-order valence-corrected chi connectivity index (χ0v) is 17.2. The van der Waals surface area contributed by atoms with Crippen molar-refractivity contribution < 1.29 is 0 Å². The lowest BCUT2D eigenvalue weighted by Gasteiger charge is -2.37. The van der Waals surface area contributed by atoms with Gasteiger partial charge in [-0.25, -0.2) is 0 Å². The summed E-state index contributed by atoms with van der Waals surface area (Å²) < 4.78 is 1.19. The number of thiophene rings is 1. The maximum atomic E-state index is 5.86. The van der Waals surface area contributed by atoms with E-state index in [1.165, 1.54) is 8.66 Å². The lowest BCUT2D eigenvalue weighted by Crippen LogP contribution is -2.46. The highest BCUT2D eigenvalue weighted by molar-refractivity contribution is 9.11. The quantitative estimate of drug-likeness (QED) is 0.786. The summed E-state index contributed by atoms with van der Waals surface area (Å²) in [5.74, 6) is 1.63. The zero-order valence-electron chi connectivity index (χ0n) is 14.8. The number of nitrogens with two attached hydrogens (primary N) is 1.